The van der Waals surface area contributed by atoms with Crippen LogP contribution in [0.25, 0.3) is 22.2 Å². The van der Waals surface area contributed by atoms with Crippen LogP contribution >= 0.6 is 11.6 Å². The summed E-state index contributed by atoms with van der Waals surface area (Å²) in [6.07, 6.45) is 1.92. The van der Waals surface area contributed by atoms with Crippen LogP contribution in [-0.2, 0) is 13.6 Å². The summed E-state index contributed by atoms with van der Waals surface area (Å²) in [5, 5.41) is 13.7. The zero-order valence-electron chi connectivity index (χ0n) is 20.0. The van der Waals surface area contributed by atoms with E-state index in [1.54, 1.807) is 4.68 Å². The van der Waals surface area contributed by atoms with Gasteiger partial charge in [-0.2, -0.15) is 10.2 Å². The van der Waals surface area contributed by atoms with E-state index in [9.17, 15) is 4.79 Å². The van der Waals surface area contributed by atoms with Crippen molar-refractivity contribution in [1.29, 1.82) is 0 Å². The van der Waals surface area contributed by atoms with Gasteiger partial charge in [0.15, 0.2) is 0 Å². The van der Waals surface area contributed by atoms with Gasteiger partial charge in [-0.05, 0) is 50.6 Å². The Labute approximate surface area is 208 Å². The second-order valence-electron chi connectivity index (χ2n) is 8.66. The standard InChI is InChI=1S/C27H25ClN6O/c1-16-23(15-33(4)31-16)25-13-22(21-7-5-6-8-24(21)29-25)27(35)30-26-17(2)32-34(18(26)3)14-19-9-11-20(28)12-10-19/h5-13,15H,14H2,1-4H3,(H,30,35). The third kappa shape index (κ3) is 4.42. The molecule has 8 heteroatoms. The molecule has 3 aromatic heterocycles. The molecule has 0 atom stereocenters. The number of fused-ring (bicyclic) bond motifs is 1. The number of aromatic nitrogens is 5. The molecule has 0 aliphatic carbocycles. The number of amides is 1. The summed E-state index contributed by atoms with van der Waals surface area (Å²) < 4.78 is 3.65. The van der Waals surface area contributed by atoms with Gasteiger partial charge in [-0.1, -0.05) is 41.9 Å². The Morgan fingerprint density at radius 1 is 1.00 bits per heavy atom. The van der Waals surface area contributed by atoms with Gasteiger partial charge in [0.25, 0.3) is 5.91 Å². The Morgan fingerprint density at radius 2 is 1.74 bits per heavy atom. The van der Waals surface area contributed by atoms with Gasteiger partial charge in [0.1, 0.15) is 0 Å². The number of carbonyl (C=O) groups excluding carboxylic acids is 1. The zero-order valence-corrected chi connectivity index (χ0v) is 20.8. The van der Waals surface area contributed by atoms with Crippen LogP contribution in [0, 0.1) is 20.8 Å². The zero-order chi connectivity index (χ0) is 24.7. The maximum Gasteiger partial charge on any atom is 0.256 e. The van der Waals surface area contributed by atoms with Crippen LogP contribution in [-0.4, -0.2) is 30.5 Å². The van der Waals surface area contributed by atoms with E-state index in [0.717, 1.165) is 39.1 Å². The predicted octanol–water partition coefficient (Wildman–Crippen LogP) is 5.71. The van der Waals surface area contributed by atoms with E-state index in [2.05, 4.69) is 15.5 Å². The summed E-state index contributed by atoms with van der Waals surface area (Å²) in [7, 11) is 1.87. The summed E-state index contributed by atoms with van der Waals surface area (Å²) in [5.41, 5.74) is 7.21. The van der Waals surface area contributed by atoms with Gasteiger partial charge < -0.3 is 5.32 Å². The van der Waals surface area contributed by atoms with Gasteiger partial charge >= 0.3 is 0 Å². The molecular weight excluding hydrogens is 460 g/mol. The van der Waals surface area contributed by atoms with Gasteiger partial charge in [0, 0.05) is 29.2 Å². The molecule has 0 bridgehead atoms. The van der Waals surface area contributed by atoms with Crippen LogP contribution in [0.15, 0.2) is 60.8 Å². The molecular formula is C27H25ClN6O. The predicted molar refractivity (Wildman–Crippen MR) is 139 cm³/mol. The van der Waals surface area contributed by atoms with E-state index in [0.29, 0.717) is 28.5 Å². The van der Waals surface area contributed by atoms with Crippen LogP contribution in [0.3, 0.4) is 0 Å². The minimum absolute atomic E-state index is 0.205. The fourth-order valence-corrected chi connectivity index (χ4v) is 4.45. The minimum Gasteiger partial charge on any atom is -0.319 e. The third-order valence-corrected chi connectivity index (χ3v) is 6.37. The molecule has 0 radical (unpaired) electrons. The first-order chi connectivity index (χ1) is 16.8. The van der Waals surface area contributed by atoms with Crippen molar-refractivity contribution in [3.05, 3.63) is 94.0 Å². The minimum atomic E-state index is -0.205. The molecule has 2 aromatic carbocycles. The van der Waals surface area contributed by atoms with Gasteiger partial charge in [0.05, 0.1) is 46.1 Å². The normalized spacial score (nSPS) is 11.2. The number of hydrogen-bond donors (Lipinski definition) is 1. The average Bonchev–Trinajstić information content (AvgIpc) is 3.31. The Hall–Kier alpha value is -3.97. The third-order valence-electron chi connectivity index (χ3n) is 6.12. The van der Waals surface area contributed by atoms with Crippen LogP contribution in [0.5, 0.6) is 0 Å². The van der Waals surface area contributed by atoms with Crippen molar-refractivity contribution >= 4 is 34.1 Å². The lowest BCUT2D eigenvalue weighted by Crippen LogP contribution is -2.14. The van der Waals surface area contributed by atoms with Crippen LogP contribution < -0.4 is 5.32 Å². The average molecular weight is 485 g/mol. The number of hydrogen-bond acceptors (Lipinski definition) is 4. The highest BCUT2D eigenvalue weighted by Crippen LogP contribution is 2.28. The molecule has 5 aromatic rings. The number of carbonyl (C=O) groups is 1. The number of pyridine rings is 1. The molecule has 1 N–H and O–H groups in total. The molecule has 5 rings (SSSR count). The highest BCUT2D eigenvalue weighted by Gasteiger charge is 2.19. The fraction of sp³-hybridized carbons (Fsp3) is 0.185. The van der Waals surface area contributed by atoms with Crippen LogP contribution in [0.1, 0.15) is 33.0 Å². The molecule has 176 valence electrons. The molecule has 0 aliphatic rings. The number of nitrogens with zero attached hydrogens (tertiary/aromatic N) is 5. The second kappa shape index (κ2) is 9.00. The molecule has 1 amide bonds. The van der Waals surface area contributed by atoms with E-state index in [4.69, 9.17) is 16.6 Å². The monoisotopic (exact) mass is 484 g/mol. The molecule has 0 fully saturated rings. The Bertz CT molecular complexity index is 1570. The van der Waals surface area contributed by atoms with E-state index in [1.165, 1.54) is 0 Å². The van der Waals surface area contributed by atoms with Crippen molar-refractivity contribution in [3.63, 3.8) is 0 Å². The van der Waals surface area contributed by atoms with E-state index in [-0.39, 0.29) is 5.91 Å². The van der Waals surface area contributed by atoms with Crippen molar-refractivity contribution in [2.45, 2.75) is 27.3 Å². The molecule has 0 unspecified atom stereocenters. The van der Waals surface area contributed by atoms with Gasteiger partial charge in [-0.3, -0.25) is 14.2 Å². The molecule has 35 heavy (non-hydrogen) atoms. The van der Waals surface area contributed by atoms with Gasteiger partial charge in [-0.25, -0.2) is 4.98 Å². The molecule has 0 saturated carbocycles. The smallest absolute Gasteiger partial charge is 0.256 e. The largest absolute Gasteiger partial charge is 0.319 e. The first kappa shape index (κ1) is 22.8. The van der Waals surface area contributed by atoms with Crippen molar-refractivity contribution in [2.75, 3.05) is 5.32 Å². The summed E-state index contributed by atoms with van der Waals surface area (Å²) in [6.45, 7) is 6.38. The summed E-state index contributed by atoms with van der Waals surface area (Å²) >= 11 is 6.01. The Kier molecular flexibility index (Phi) is 5.86. The van der Waals surface area contributed by atoms with Crippen molar-refractivity contribution in [2.24, 2.45) is 7.05 Å². The van der Waals surface area contributed by atoms with E-state index in [1.807, 2.05) is 93.3 Å². The molecule has 3 heterocycles. The molecule has 0 spiro atoms. The lowest BCUT2D eigenvalue weighted by Gasteiger charge is -2.11. The van der Waals surface area contributed by atoms with E-state index < -0.39 is 0 Å². The lowest BCUT2D eigenvalue weighted by atomic mass is 10.0. The number of anilines is 1. The van der Waals surface area contributed by atoms with Crippen LogP contribution in [0.2, 0.25) is 5.02 Å². The second-order valence-corrected chi connectivity index (χ2v) is 9.09. The topological polar surface area (TPSA) is 77.6 Å². The quantitative estimate of drug-likeness (QED) is 0.346. The van der Waals surface area contributed by atoms with Crippen molar-refractivity contribution in [1.82, 2.24) is 24.5 Å². The highest BCUT2D eigenvalue weighted by atomic mass is 35.5. The van der Waals surface area contributed by atoms with Crippen molar-refractivity contribution < 1.29 is 4.79 Å². The maximum atomic E-state index is 13.6. The molecule has 0 saturated heterocycles. The van der Waals surface area contributed by atoms with E-state index >= 15 is 0 Å². The number of rotatable bonds is 5. The Morgan fingerprint density at radius 3 is 2.46 bits per heavy atom. The number of halogens is 1. The van der Waals surface area contributed by atoms with Crippen molar-refractivity contribution in [3.8, 4) is 11.3 Å². The highest BCUT2D eigenvalue weighted by molar-refractivity contribution is 6.30. The summed E-state index contributed by atoms with van der Waals surface area (Å²) in [5.74, 6) is -0.205. The number of para-hydroxylation sites is 1. The lowest BCUT2D eigenvalue weighted by molar-refractivity contribution is 0.102. The number of aryl methyl sites for hydroxylation is 3. The SMILES string of the molecule is Cc1nn(C)cc1-c1cc(C(=O)Nc2c(C)nn(Cc3ccc(Cl)cc3)c2C)c2ccccc2n1. The molecule has 0 aliphatic heterocycles. The fourth-order valence-electron chi connectivity index (χ4n) is 4.33. The van der Waals surface area contributed by atoms with Crippen LogP contribution in [0.4, 0.5) is 5.69 Å². The number of benzene rings is 2. The number of nitrogens with one attached hydrogen (secondary N) is 1. The summed E-state index contributed by atoms with van der Waals surface area (Å²) in [4.78, 5) is 18.4. The maximum absolute atomic E-state index is 13.6. The first-order valence-electron chi connectivity index (χ1n) is 11.3. The summed E-state index contributed by atoms with van der Waals surface area (Å²) in [6, 6.07) is 17.2. The first-order valence-corrected chi connectivity index (χ1v) is 11.7. The Balaban J connectivity index is 1.51. The van der Waals surface area contributed by atoms with Gasteiger partial charge in [-0.15, -0.1) is 0 Å². The molecule has 7 nitrogen and oxygen atoms in total. The van der Waals surface area contributed by atoms with Gasteiger partial charge in [0.2, 0.25) is 0 Å².